The SMILES string of the molecule is COc1cccc(OC)c1C(=O)N1CCC[C@@H]1c1c(C)noc1C. The van der Waals surface area contributed by atoms with Gasteiger partial charge >= 0.3 is 0 Å². The van der Waals surface area contributed by atoms with E-state index in [0.717, 1.165) is 29.9 Å². The molecule has 0 saturated carbocycles. The first-order valence-electron chi connectivity index (χ1n) is 8.03. The van der Waals surface area contributed by atoms with Crippen LogP contribution in [0.3, 0.4) is 0 Å². The molecule has 0 bridgehead atoms. The lowest BCUT2D eigenvalue weighted by molar-refractivity contribution is 0.0727. The van der Waals surface area contributed by atoms with Gasteiger partial charge in [-0.2, -0.15) is 0 Å². The fraction of sp³-hybridized carbons (Fsp3) is 0.444. The number of carbonyl (C=O) groups is 1. The van der Waals surface area contributed by atoms with Crippen molar-refractivity contribution in [1.82, 2.24) is 10.1 Å². The summed E-state index contributed by atoms with van der Waals surface area (Å²) in [7, 11) is 3.11. The summed E-state index contributed by atoms with van der Waals surface area (Å²) in [4.78, 5) is 15.1. The summed E-state index contributed by atoms with van der Waals surface area (Å²) in [5.41, 5.74) is 2.31. The van der Waals surface area contributed by atoms with Crippen LogP contribution in [0.2, 0.25) is 0 Å². The first-order valence-corrected chi connectivity index (χ1v) is 8.03. The van der Waals surface area contributed by atoms with Gasteiger partial charge in [0.15, 0.2) is 0 Å². The van der Waals surface area contributed by atoms with Crippen LogP contribution in [-0.4, -0.2) is 36.7 Å². The molecule has 24 heavy (non-hydrogen) atoms. The zero-order valence-corrected chi connectivity index (χ0v) is 14.5. The van der Waals surface area contributed by atoms with Crippen LogP contribution in [0.25, 0.3) is 0 Å². The highest BCUT2D eigenvalue weighted by atomic mass is 16.5. The van der Waals surface area contributed by atoms with Crippen LogP contribution in [0.5, 0.6) is 11.5 Å². The van der Waals surface area contributed by atoms with Crippen LogP contribution >= 0.6 is 0 Å². The lowest BCUT2D eigenvalue weighted by Gasteiger charge is -2.26. The summed E-state index contributed by atoms with van der Waals surface area (Å²) in [5.74, 6) is 1.71. The number of rotatable bonds is 4. The minimum absolute atomic E-state index is 0.0293. The summed E-state index contributed by atoms with van der Waals surface area (Å²) < 4.78 is 16.1. The molecule has 1 fully saturated rings. The Morgan fingerprint density at radius 1 is 1.25 bits per heavy atom. The topological polar surface area (TPSA) is 64.8 Å². The molecule has 0 spiro atoms. The van der Waals surface area contributed by atoms with Gasteiger partial charge in [0.05, 0.1) is 26.0 Å². The quantitative estimate of drug-likeness (QED) is 0.861. The average Bonchev–Trinajstić information content (AvgIpc) is 3.19. The molecule has 2 aromatic rings. The number of hydrogen-bond donors (Lipinski definition) is 0. The van der Waals surface area contributed by atoms with E-state index in [1.807, 2.05) is 24.8 Å². The summed E-state index contributed by atoms with van der Waals surface area (Å²) in [6, 6.07) is 5.33. The zero-order valence-electron chi connectivity index (χ0n) is 14.5. The molecule has 1 aromatic heterocycles. The Hall–Kier alpha value is -2.50. The molecule has 1 aliphatic rings. The normalized spacial score (nSPS) is 17.2. The predicted octanol–water partition coefficient (Wildman–Crippen LogP) is 3.29. The molecule has 3 rings (SSSR count). The van der Waals surface area contributed by atoms with E-state index < -0.39 is 0 Å². The third-order valence-corrected chi connectivity index (χ3v) is 4.58. The van der Waals surface area contributed by atoms with Crippen LogP contribution < -0.4 is 9.47 Å². The molecular weight excluding hydrogens is 308 g/mol. The largest absolute Gasteiger partial charge is 0.496 e. The van der Waals surface area contributed by atoms with Crippen LogP contribution in [0.1, 0.15) is 46.3 Å². The molecule has 1 amide bonds. The van der Waals surface area contributed by atoms with Crippen molar-refractivity contribution in [3.05, 3.63) is 40.8 Å². The third kappa shape index (κ3) is 2.62. The van der Waals surface area contributed by atoms with Gasteiger partial charge in [-0.3, -0.25) is 4.79 Å². The summed E-state index contributed by atoms with van der Waals surface area (Å²) >= 11 is 0. The monoisotopic (exact) mass is 330 g/mol. The standard InChI is InChI=1S/C18H22N2O4/c1-11-16(12(2)24-19-11)13-7-6-10-20(13)18(21)17-14(22-3)8-5-9-15(17)23-4/h5,8-9,13H,6-7,10H2,1-4H3/t13-/m1/s1. The Bertz CT molecular complexity index is 712. The van der Waals surface area contributed by atoms with Gasteiger partial charge in [0.1, 0.15) is 22.8 Å². The first kappa shape index (κ1) is 16.4. The fourth-order valence-electron chi connectivity index (χ4n) is 3.48. The number of methoxy groups -OCH3 is 2. The van der Waals surface area contributed by atoms with Gasteiger partial charge < -0.3 is 18.9 Å². The average molecular weight is 330 g/mol. The van der Waals surface area contributed by atoms with Crippen molar-refractivity contribution in [1.29, 1.82) is 0 Å². The number of benzene rings is 1. The predicted molar refractivity (Wildman–Crippen MR) is 88.5 cm³/mol. The fourth-order valence-corrected chi connectivity index (χ4v) is 3.48. The number of ether oxygens (including phenoxy) is 2. The number of amides is 1. The maximum absolute atomic E-state index is 13.2. The Morgan fingerprint density at radius 2 is 1.92 bits per heavy atom. The minimum atomic E-state index is -0.0909. The van der Waals surface area contributed by atoms with Crippen LogP contribution in [0.15, 0.2) is 22.7 Å². The van der Waals surface area contributed by atoms with E-state index >= 15 is 0 Å². The Kier molecular flexibility index (Phi) is 4.46. The van der Waals surface area contributed by atoms with E-state index in [9.17, 15) is 4.79 Å². The molecule has 6 nitrogen and oxygen atoms in total. The van der Waals surface area contributed by atoms with Crippen molar-refractivity contribution < 1.29 is 18.8 Å². The van der Waals surface area contributed by atoms with Crippen LogP contribution in [0.4, 0.5) is 0 Å². The highest BCUT2D eigenvalue weighted by Gasteiger charge is 2.36. The Morgan fingerprint density at radius 3 is 2.46 bits per heavy atom. The van der Waals surface area contributed by atoms with E-state index in [1.54, 1.807) is 26.4 Å². The van der Waals surface area contributed by atoms with Gasteiger partial charge in [-0.1, -0.05) is 11.2 Å². The molecule has 0 N–H and O–H groups in total. The number of likely N-dealkylation sites (tertiary alicyclic amines) is 1. The van der Waals surface area contributed by atoms with E-state index in [0.29, 0.717) is 23.6 Å². The van der Waals surface area contributed by atoms with Crippen LogP contribution in [-0.2, 0) is 0 Å². The van der Waals surface area contributed by atoms with Crippen molar-refractivity contribution in [2.45, 2.75) is 32.7 Å². The number of hydrogen-bond acceptors (Lipinski definition) is 5. The highest BCUT2D eigenvalue weighted by molar-refractivity contribution is 6.00. The molecule has 1 aliphatic heterocycles. The molecule has 0 radical (unpaired) electrons. The molecule has 0 unspecified atom stereocenters. The summed E-state index contributed by atoms with van der Waals surface area (Å²) in [5, 5.41) is 4.03. The molecule has 2 heterocycles. The first-order chi connectivity index (χ1) is 11.6. The Labute approximate surface area is 141 Å². The van der Waals surface area contributed by atoms with Gasteiger partial charge in [-0.25, -0.2) is 0 Å². The number of nitrogens with zero attached hydrogens (tertiary/aromatic N) is 2. The maximum atomic E-state index is 13.2. The van der Waals surface area contributed by atoms with Crippen molar-refractivity contribution in [3.63, 3.8) is 0 Å². The maximum Gasteiger partial charge on any atom is 0.261 e. The lowest BCUT2D eigenvalue weighted by atomic mass is 10.0. The second-order valence-corrected chi connectivity index (χ2v) is 5.93. The summed E-state index contributed by atoms with van der Waals surface area (Å²) in [6.07, 6.45) is 1.84. The van der Waals surface area contributed by atoms with Crippen molar-refractivity contribution >= 4 is 5.91 Å². The van der Waals surface area contributed by atoms with E-state index in [1.165, 1.54) is 0 Å². The van der Waals surface area contributed by atoms with Crippen molar-refractivity contribution in [3.8, 4) is 11.5 Å². The van der Waals surface area contributed by atoms with E-state index in [2.05, 4.69) is 5.16 Å². The number of carbonyl (C=O) groups excluding carboxylic acids is 1. The highest BCUT2D eigenvalue weighted by Crippen LogP contribution is 2.39. The minimum Gasteiger partial charge on any atom is -0.496 e. The third-order valence-electron chi connectivity index (χ3n) is 4.58. The van der Waals surface area contributed by atoms with Crippen LogP contribution in [0, 0.1) is 13.8 Å². The van der Waals surface area contributed by atoms with Crippen molar-refractivity contribution in [2.24, 2.45) is 0 Å². The number of aromatic nitrogens is 1. The van der Waals surface area contributed by atoms with Crippen molar-refractivity contribution in [2.75, 3.05) is 20.8 Å². The van der Waals surface area contributed by atoms with Gasteiger partial charge in [0, 0.05) is 12.1 Å². The van der Waals surface area contributed by atoms with Gasteiger partial charge in [0.2, 0.25) is 0 Å². The lowest BCUT2D eigenvalue weighted by Crippen LogP contribution is -2.31. The van der Waals surface area contributed by atoms with Gasteiger partial charge in [-0.05, 0) is 38.8 Å². The Balaban J connectivity index is 2.01. The van der Waals surface area contributed by atoms with E-state index in [4.69, 9.17) is 14.0 Å². The van der Waals surface area contributed by atoms with E-state index in [-0.39, 0.29) is 11.9 Å². The smallest absolute Gasteiger partial charge is 0.261 e. The van der Waals surface area contributed by atoms with Gasteiger partial charge in [0.25, 0.3) is 5.91 Å². The molecule has 128 valence electrons. The molecule has 6 heteroatoms. The van der Waals surface area contributed by atoms with Gasteiger partial charge in [-0.15, -0.1) is 0 Å². The molecule has 1 aromatic carbocycles. The second kappa shape index (κ2) is 6.55. The second-order valence-electron chi connectivity index (χ2n) is 5.93. The molecule has 0 aliphatic carbocycles. The number of aryl methyl sites for hydroxylation is 2. The molecular formula is C18H22N2O4. The molecule has 1 atom stereocenters. The summed E-state index contributed by atoms with van der Waals surface area (Å²) in [6.45, 7) is 4.49. The molecule has 1 saturated heterocycles. The zero-order chi connectivity index (χ0) is 17.3.